The lowest BCUT2D eigenvalue weighted by atomic mass is 10.2. The van der Waals surface area contributed by atoms with Gasteiger partial charge in [0.05, 0.1) is 5.25 Å². The van der Waals surface area contributed by atoms with Gasteiger partial charge in [-0.05, 0) is 38.1 Å². The summed E-state index contributed by atoms with van der Waals surface area (Å²) >= 11 is 1.54. The zero-order chi connectivity index (χ0) is 21.9. The average Bonchev–Trinajstić information content (AvgIpc) is 3.49. The maximum Gasteiger partial charge on any atom is 0.247 e. The van der Waals surface area contributed by atoms with Crippen molar-refractivity contribution >= 4 is 11.8 Å². The monoisotopic (exact) mass is 439 g/mol. The van der Waals surface area contributed by atoms with E-state index in [-0.39, 0.29) is 5.25 Å². The highest BCUT2D eigenvalue weighted by atomic mass is 32.2. The third kappa shape index (κ3) is 4.07. The predicted octanol–water partition coefficient (Wildman–Crippen LogP) is 6.15. The Morgan fingerprint density at radius 1 is 0.750 bits per heavy atom. The molecule has 0 radical (unpaired) electrons. The van der Waals surface area contributed by atoms with E-state index in [4.69, 9.17) is 4.42 Å². The zero-order valence-corrected chi connectivity index (χ0v) is 18.5. The number of aryl methyl sites for hydroxylation is 1. The van der Waals surface area contributed by atoms with E-state index in [1.165, 1.54) is 17.3 Å². The van der Waals surface area contributed by atoms with Crippen LogP contribution >= 0.6 is 11.8 Å². The Bertz CT molecular complexity index is 1310. The summed E-state index contributed by atoms with van der Waals surface area (Å²) in [4.78, 5) is 0. The van der Waals surface area contributed by atoms with Crippen LogP contribution in [0.3, 0.4) is 0 Å². The minimum atomic E-state index is -0.100. The van der Waals surface area contributed by atoms with E-state index >= 15 is 0 Å². The maximum atomic E-state index is 5.96. The van der Waals surface area contributed by atoms with Crippen molar-refractivity contribution in [2.24, 2.45) is 0 Å². The first-order chi connectivity index (χ1) is 15.7. The molecule has 0 fully saturated rings. The van der Waals surface area contributed by atoms with Gasteiger partial charge in [-0.15, -0.1) is 20.4 Å². The average molecular weight is 440 g/mol. The Kier molecular flexibility index (Phi) is 5.56. The first-order valence-corrected chi connectivity index (χ1v) is 11.2. The Balaban J connectivity index is 1.49. The summed E-state index contributed by atoms with van der Waals surface area (Å²) in [5, 5.41) is 18.2. The van der Waals surface area contributed by atoms with E-state index in [9.17, 15) is 0 Å². The number of rotatable bonds is 6. The van der Waals surface area contributed by atoms with Crippen LogP contribution in [0.25, 0.3) is 28.5 Å². The van der Waals surface area contributed by atoms with Gasteiger partial charge in [-0.3, -0.25) is 4.57 Å². The standard InChI is InChI=1S/C25H21N5OS/c1-17-13-15-21(16-14-17)30-22(19-9-5-3-6-10-19)26-29-25(30)32-18(2)23-27-28-24(31-23)20-11-7-4-8-12-20/h3-16,18H,1-2H3. The van der Waals surface area contributed by atoms with E-state index in [0.29, 0.717) is 11.8 Å². The fourth-order valence-electron chi connectivity index (χ4n) is 3.35. The molecule has 2 heterocycles. The fourth-order valence-corrected chi connectivity index (χ4v) is 4.25. The molecule has 0 aliphatic carbocycles. The minimum Gasteiger partial charge on any atom is -0.419 e. The molecule has 7 heteroatoms. The van der Waals surface area contributed by atoms with Crippen molar-refractivity contribution in [3.05, 3.63) is 96.4 Å². The Hall–Kier alpha value is -3.71. The number of nitrogens with zero attached hydrogens (tertiary/aromatic N) is 5. The molecule has 2 aromatic heterocycles. The minimum absolute atomic E-state index is 0.100. The number of aromatic nitrogens is 5. The van der Waals surface area contributed by atoms with Gasteiger partial charge < -0.3 is 4.42 Å². The van der Waals surface area contributed by atoms with Crippen LogP contribution in [0.2, 0.25) is 0 Å². The lowest BCUT2D eigenvalue weighted by molar-refractivity contribution is 0.509. The van der Waals surface area contributed by atoms with Crippen molar-refractivity contribution in [3.63, 3.8) is 0 Å². The molecule has 0 N–H and O–H groups in total. The van der Waals surface area contributed by atoms with Crippen molar-refractivity contribution in [3.8, 4) is 28.5 Å². The van der Waals surface area contributed by atoms with Gasteiger partial charge in [0.2, 0.25) is 11.8 Å². The van der Waals surface area contributed by atoms with Gasteiger partial charge in [0.25, 0.3) is 0 Å². The second-order valence-electron chi connectivity index (χ2n) is 7.41. The Labute approximate surface area is 190 Å². The predicted molar refractivity (Wildman–Crippen MR) is 126 cm³/mol. The summed E-state index contributed by atoms with van der Waals surface area (Å²) < 4.78 is 8.03. The molecule has 0 spiro atoms. The van der Waals surface area contributed by atoms with E-state index in [1.54, 1.807) is 0 Å². The Morgan fingerprint density at radius 3 is 2.09 bits per heavy atom. The molecule has 1 unspecified atom stereocenters. The van der Waals surface area contributed by atoms with Crippen molar-refractivity contribution in [1.82, 2.24) is 25.0 Å². The van der Waals surface area contributed by atoms with Crippen LogP contribution in [0.5, 0.6) is 0 Å². The van der Waals surface area contributed by atoms with Gasteiger partial charge in [0.15, 0.2) is 11.0 Å². The van der Waals surface area contributed by atoms with E-state index in [1.807, 2.05) is 67.6 Å². The third-order valence-corrected chi connectivity index (χ3v) is 6.08. The molecule has 5 aromatic rings. The Morgan fingerprint density at radius 2 is 1.41 bits per heavy atom. The molecule has 1 atom stereocenters. The van der Waals surface area contributed by atoms with Crippen molar-refractivity contribution in [1.29, 1.82) is 0 Å². The number of hydrogen-bond acceptors (Lipinski definition) is 6. The smallest absolute Gasteiger partial charge is 0.247 e. The van der Waals surface area contributed by atoms with Crippen LogP contribution in [0.4, 0.5) is 0 Å². The maximum absolute atomic E-state index is 5.96. The van der Waals surface area contributed by atoms with Crippen molar-refractivity contribution in [2.75, 3.05) is 0 Å². The highest BCUT2D eigenvalue weighted by molar-refractivity contribution is 7.99. The molecule has 0 amide bonds. The van der Waals surface area contributed by atoms with Crippen LogP contribution in [0.1, 0.15) is 23.6 Å². The van der Waals surface area contributed by atoms with Gasteiger partial charge in [-0.25, -0.2) is 0 Å². The van der Waals surface area contributed by atoms with Crippen LogP contribution in [0.15, 0.2) is 94.5 Å². The molecule has 5 rings (SSSR count). The van der Waals surface area contributed by atoms with E-state index in [2.05, 4.69) is 56.2 Å². The zero-order valence-electron chi connectivity index (χ0n) is 17.7. The van der Waals surface area contributed by atoms with Gasteiger partial charge in [0, 0.05) is 16.8 Å². The number of hydrogen-bond donors (Lipinski definition) is 0. The lowest BCUT2D eigenvalue weighted by Crippen LogP contribution is -2.01. The topological polar surface area (TPSA) is 69.6 Å². The summed E-state index contributed by atoms with van der Waals surface area (Å²) in [6, 6.07) is 28.2. The highest BCUT2D eigenvalue weighted by Crippen LogP contribution is 2.37. The molecule has 6 nitrogen and oxygen atoms in total. The van der Waals surface area contributed by atoms with E-state index < -0.39 is 0 Å². The molecule has 0 aliphatic rings. The van der Waals surface area contributed by atoms with Gasteiger partial charge in [-0.2, -0.15) is 0 Å². The quantitative estimate of drug-likeness (QED) is 0.296. The largest absolute Gasteiger partial charge is 0.419 e. The van der Waals surface area contributed by atoms with Gasteiger partial charge in [-0.1, -0.05) is 78.0 Å². The van der Waals surface area contributed by atoms with Crippen molar-refractivity contribution < 1.29 is 4.42 Å². The van der Waals surface area contributed by atoms with Crippen LogP contribution < -0.4 is 0 Å². The summed E-state index contributed by atoms with van der Waals surface area (Å²) in [7, 11) is 0. The highest BCUT2D eigenvalue weighted by Gasteiger charge is 2.22. The molecular formula is C25H21N5OS. The first kappa shape index (κ1) is 20.2. The molecule has 0 aliphatic heterocycles. The number of thioether (sulfide) groups is 1. The van der Waals surface area contributed by atoms with Gasteiger partial charge >= 0.3 is 0 Å². The third-order valence-electron chi connectivity index (χ3n) is 5.05. The van der Waals surface area contributed by atoms with Crippen LogP contribution in [0, 0.1) is 6.92 Å². The molecule has 0 bridgehead atoms. The number of benzene rings is 3. The summed E-state index contributed by atoms with van der Waals surface area (Å²) in [6.07, 6.45) is 0. The molecular weight excluding hydrogens is 418 g/mol. The molecule has 158 valence electrons. The van der Waals surface area contributed by atoms with Crippen LogP contribution in [-0.4, -0.2) is 25.0 Å². The lowest BCUT2D eigenvalue weighted by Gasteiger charge is -2.12. The fraction of sp³-hybridized carbons (Fsp3) is 0.120. The molecule has 3 aromatic carbocycles. The van der Waals surface area contributed by atoms with E-state index in [0.717, 1.165) is 27.8 Å². The second-order valence-corrected chi connectivity index (χ2v) is 8.72. The first-order valence-electron chi connectivity index (χ1n) is 10.3. The molecule has 0 saturated heterocycles. The summed E-state index contributed by atoms with van der Waals surface area (Å²) in [5.74, 6) is 1.85. The summed E-state index contributed by atoms with van der Waals surface area (Å²) in [6.45, 7) is 4.11. The summed E-state index contributed by atoms with van der Waals surface area (Å²) in [5.41, 5.74) is 4.11. The van der Waals surface area contributed by atoms with Crippen LogP contribution in [-0.2, 0) is 0 Å². The molecule has 0 saturated carbocycles. The van der Waals surface area contributed by atoms with Crippen molar-refractivity contribution in [2.45, 2.75) is 24.3 Å². The second kappa shape index (κ2) is 8.80. The normalized spacial score (nSPS) is 12.1. The SMILES string of the molecule is Cc1ccc(-n2c(SC(C)c3nnc(-c4ccccc4)o3)nnc2-c2ccccc2)cc1. The van der Waals surface area contributed by atoms with Gasteiger partial charge in [0.1, 0.15) is 0 Å². The molecule has 32 heavy (non-hydrogen) atoms.